The number of halogens is 1. The minimum absolute atomic E-state index is 0.228. The van der Waals surface area contributed by atoms with Crippen molar-refractivity contribution in [3.63, 3.8) is 0 Å². The second kappa shape index (κ2) is 5.17. The van der Waals surface area contributed by atoms with Gasteiger partial charge in [0.1, 0.15) is 5.82 Å². The third kappa shape index (κ3) is 2.40. The quantitative estimate of drug-likeness (QED) is 0.713. The molecule has 0 bridgehead atoms. The molecule has 3 nitrogen and oxygen atoms in total. The average Bonchev–Trinajstić information content (AvgIpc) is 2.49. The molecule has 0 saturated carbocycles. The van der Waals surface area contributed by atoms with Crippen LogP contribution in [0.2, 0.25) is 0 Å². The molecule has 3 N–H and O–H groups in total. The smallest absolute Gasteiger partial charge is 0.123 e. The van der Waals surface area contributed by atoms with Gasteiger partial charge in [0.25, 0.3) is 0 Å². The fourth-order valence-corrected chi connectivity index (χ4v) is 2.14. The Labute approximate surface area is 116 Å². The van der Waals surface area contributed by atoms with E-state index in [2.05, 4.69) is 10.3 Å². The maximum atomic E-state index is 12.9. The predicted octanol–water partition coefficient (Wildman–Crippen LogP) is 3.57. The Morgan fingerprint density at radius 2 is 1.85 bits per heavy atom. The van der Waals surface area contributed by atoms with E-state index >= 15 is 0 Å². The number of rotatable bonds is 3. The first kappa shape index (κ1) is 12.4. The largest absolute Gasteiger partial charge is 0.398 e. The zero-order valence-corrected chi connectivity index (χ0v) is 10.8. The highest BCUT2D eigenvalue weighted by atomic mass is 19.1. The zero-order valence-electron chi connectivity index (χ0n) is 10.8. The molecule has 100 valence electrons. The summed E-state index contributed by atoms with van der Waals surface area (Å²) in [5, 5.41) is 4.24. The van der Waals surface area contributed by atoms with Gasteiger partial charge in [0.05, 0.1) is 11.2 Å². The molecule has 0 aliphatic rings. The van der Waals surface area contributed by atoms with Crippen molar-refractivity contribution < 1.29 is 4.39 Å². The first-order valence-electron chi connectivity index (χ1n) is 6.35. The Balaban J connectivity index is 1.88. The molecule has 20 heavy (non-hydrogen) atoms. The Kier molecular flexibility index (Phi) is 3.21. The number of nitrogen functional groups attached to an aromatic ring is 1. The standard InChI is InChI=1S/C16H14FN3/c17-12-5-3-11(4-6-12)10-20-15-8-7-14(18)13-2-1-9-19-16(13)15/h1-9,20H,10,18H2. The van der Waals surface area contributed by atoms with E-state index in [1.807, 2.05) is 24.3 Å². The van der Waals surface area contributed by atoms with Crippen LogP contribution in [0.5, 0.6) is 0 Å². The summed E-state index contributed by atoms with van der Waals surface area (Å²) in [5.41, 5.74) is 9.41. The molecule has 0 saturated heterocycles. The number of pyridine rings is 1. The lowest BCUT2D eigenvalue weighted by Crippen LogP contribution is -2.01. The van der Waals surface area contributed by atoms with Crippen molar-refractivity contribution in [3.05, 3.63) is 66.1 Å². The van der Waals surface area contributed by atoms with E-state index in [1.165, 1.54) is 12.1 Å². The molecule has 3 rings (SSSR count). The number of anilines is 2. The summed E-state index contributed by atoms with van der Waals surface area (Å²) in [5.74, 6) is -0.228. The Morgan fingerprint density at radius 1 is 1.05 bits per heavy atom. The monoisotopic (exact) mass is 267 g/mol. The van der Waals surface area contributed by atoms with E-state index in [0.717, 1.165) is 22.2 Å². The number of nitrogens with two attached hydrogens (primary N) is 1. The lowest BCUT2D eigenvalue weighted by Gasteiger charge is -2.10. The molecular weight excluding hydrogens is 253 g/mol. The maximum Gasteiger partial charge on any atom is 0.123 e. The van der Waals surface area contributed by atoms with Crippen LogP contribution >= 0.6 is 0 Å². The summed E-state index contributed by atoms with van der Waals surface area (Å²) in [6, 6.07) is 14.0. The minimum Gasteiger partial charge on any atom is -0.398 e. The zero-order chi connectivity index (χ0) is 13.9. The molecule has 0 radical (unpaired) electrons. The summed E-state index contributed by atoms with van der Waals surface area (Å²) in [7, 11) is 0. The van der Waals surface area contributed by atoms with Gasteiger partial charge in [-0.3, -0.25) is 4.98 Å². The highest BCUT2D eigenvalue weighted by molar-refractivity contribution is 5.98. The van der Waals surface area contributed by atoms with Crippen molar-refractivity contribution in [2.45, 2.75) is 6.54 Å². The van der Waals surface area contributed by atoms with Crippen LogP contribution in [0.1, 0.15) is 5.56 Å². The van der Waals surface area contributed by atoms with Gasteiger partial charge in [-0.25, -0.2) is 4.39 Å². The van der Waals surface area contributed by atoms with E-state index in [-0.39, 0.29) is 5.82 Å². The van der Waals surface area contributed by atoms with Gasteiger partial charge in [0, 0.05) is 23.8 Å². The second-order valence-corrected chi connectivity index (χ2v) is 4.58. The van der Waals surface area contributed by atoms with Crippen molar-refractivity contribution in [2.75, 3.05) is 11.1 Å². The molecule has 0 aliphatic carbocycles. The third-order valence-electron chi connectivity index (χ3n) is 3.20. The van der Waals surface area contributed by atoms with Crippen LogP contribution in [-0.4, -0.2) is 4.98 Å². The number of nitrogens with one attached hydrogen (secondary N) is 1. The highest BCUT2D eigenvalue weighted by Crippen LogP contribution is 2.26. The summed E-state index contributed by atoms with van der Waals surface area (Å²) < 4.78 is 12.9. The predicted molar refractivity (Wildman–Crippen MR) is 79.9 cm³/mol. The van der Waals surface area contributed by atoms with Crippen molar-refractivity contribution in [1.29, 1.82) is 0 Å². The van der Waals surface area contributed by atoms with E-state index in [9.17, 15) is 4.39 Å². The first-order chi connectivity index (χ1) is 9.74. The fraction of sp³-hybridized carbons (Fsp3) is 0.0625. The summed E-state index contributed by atoms with van der Waals surface area (Å²) in [4.78, 5) is 4.37. The van der Waals surface area contributed by atoms with Crippen molar-refractivity contribution in [2.24, 2.45) is 0 Å². The van der Waals surface area contributed by atoms with Crippen LogP contribution in [-0.2, 0) is 6.54 Å². The number of aromatic nitrogens is 1. The normalized spacial score (nSPS) is 10.7. The molecule has 0 aliphatic heterocycles. The molecule has 1 aromatic heterocycles. The van der Waals surface area contributed by atoms with Crippen LogP contribution in [0.25, 0.3) is 10.9 Å². The number of hydrogen-bond acceptors (Lipinski definition) is 3. The number of hydrogen-bond donors (Lipinski definition) is 2. The molecule has 0 atom stereocenters. The van der Waals surface area contributed by atoms with E-state index in [4.69, 9.17) is 5.73 Å². The molecule has 1 heterocycles. The van der Waals surface area contributed by atoms with E-state index in [1.54, 1.807) is 18.3 Å². The van der Waals surface area contributed by atoms with Gasteiger partial charge in [-0.2, -0.15) is 0 Å². The topological polar surface area (TPSA) is 50.9 Å². The van der Waals surface area contributed by atoms with Crippen LogP contribution in [0.15, 0.2) is 54.7 Å². The summed E-state index contributed by atoms with van der Waals surface area (Å²) >= 11 is 0. The summed E-state index contributed by atoms with van der Waals surface area (Å²) in [6.07, 6.45) is 1.74. The van der Waals surface area contributed by atoms with E-state index in [0.29, 0.717) is 12.2 Å². The van der Waals surface area contributed by atoms with E-state index < -0.39 is 0 Å². The maximum absolute atomic E-state index is 12.9. The van der Waals surface area contributed by atoms with Gasteiger partial charge < -0.3 is 11.1 Å². The minimum atomic E-state index is -0.228. The molecule has 4 heteroatoms. The number of nitrogens with zero attached hydrogens (tertiary/aromatic N) is 1. The van der Waals surface area contributed by atoms with Gasteiger partial charge in [-0.1, -0.05) is 12.1 Å². The van der Waals surface area contributed by atoms with Gasteiger partial charge in [-0.15, -0.1) is 0 Å². The van der Waals surface area contributed by atoms with Crippen LogP contribution in [0.3, 0.4) is 0 Å². The molecule has 0 amide bonds. The fourth-order valence-electron chi connectivity index (χ4n) is 2.14. The van der Waals surface area contributed by atoms with Gasteiger partial charge >= 0.3 is 0 Å². The van der Waals surface area contributed by atoms with Crippen LogP contribution in [0.4, 0.5) is 15.8 Å². The van der Waals surface area contributed by atoms with Gasteiger partial charge in [0.15, 0.2) is 0 Å². The van der Waals surface area contributed by atoms with Crippen molar-refractivity contribution in [1.82, 2.24) is 4.98 Å². The Bertz CT molecular complexity index is 738. The van der Waals surface area contributed by atoms with Crippen molar-refractivity contribution >= 4 is 22.3 Å². The SMILES string of the molecule is Nc1ccc(NCc2ccc(F)cc2)c2ncccc12. The van der Waals surface area contributed by atoms with Gasteiger partial charge in [0.2, 0.25) is 0 Å². The first-order valence-corrected chi connectivity index (χ1v) is 6.35. The lowest BCUT2D eigenvalue weighted by atomic mass is 10.1. The van der Waals surface area contributed by atoms with Crippen molar-refractivity contribution in [3.8, 4) is 0 Å². The summed E-state index contributed by atoms with van der Waals surface area (Å²) in [6.45, 7) is 0.607. The highest BCUT2D eigenvalue weighted by Gasteiger charge is 2.04. The van der Waals surface area contributed by atoms with Crippen LogP contribution < -0.4 is 11.1 Å². The third-order valence-corrected chi connectivity index (χ3v) is 3.20. The number of benzene rings is 2. The Hall–Kier alpha value is -2.62. The van der Waals surface area contributed by atoms with Crippen LogP contribution in [0, 0.1) is 5.82 Å². The molecule has 0 unspecified atom stereocenters. The Morgan fingerprint density at radius 3 is 2.65 bits per heavy atom. The molecule has 0 fully saturated rings. The molecule has 2 aromatic carbocycles. The van der Waals surface area contributed by atoms with Gasteiger partial charge in [-0.05, 0) is 42.0 Å². The second-order valence-electron chi connectivity index (χ2n) is 4.58. The lowest BCUT2D eigenvalue weighted by molar-refractivity contribution is 0.627. The average molecular weight is 267 g/mol. The molecule has 0 spiro atoms. The number of fused-ring (bicyclic) bond motifs is 1. The molecular formula is C16H14FN3. The molecule has 3 aromatic rings.